The standard InChI is InChI=1S/C12H15ClN2OS/c1-8-14-11(13)10(7-16)12(15-8)17-9-5-3-2-4-6-9/h7,9H,2-6H2,1H3. The summed E-state index contributed by atoms with van der Waals surface area (Å²) in [6, 6.07) is 0. The van der Waals surface area contributed by atoms with E-state index in [1.807, 2.05) is 0 Å². The number of nitrogens with zero attached hydrogens (tertiary/aromatic N) is 2. The lowest BCUT2D eigenvalue weighted by Gasteiger charge is -2.21. The zero-order chi connectivity index (χ0) is 12.3. The molecule has 0 aromatic carbocycles. The third-order valence-corrected chi connectivity index (χ3v) is 4.55. The number of aldehydes is 1. The molecule has 0 N–H and O–H groups in total. The van der Waals surface area contributed by atoms with Gasteiger partial charge in [0, 0.05) is 5.25 Å². The Labute approximate surface area is 110 Å². The Morgan fingerprint density at radius 2 is 2.00 bits per heavy atom. The van der Waals surface area contributed by atoms with Crippen molar-refractivity contribution < 1.29 is 4.79 Å². The molecule has 0 bridgehead atoms. The molecule has 0 amide bonds. The summed E-state index contributed by atoms with van der Waals surface area (Å²) in [6.45, 7) is 1.80. The number of aromatic nitrogens is 2. The maximum atomic E-state index is 11.0. The Hall–Kier alpha value is -0.610. The van der Waals surface area contributed by atoms with Crippen molar-refractivity contribution in [1.29, 1.82) is 0 Å². The van der Waals surface area contributed by atoms with E-state index in [2.05, 4.69) is 9.97 Å². The molecule has 0 aliphatic heterocycles. The van der Waals surface area contributed by atoms with E-state index in [0.717, 1.165) is 11.3 Å². The van der Waals surface area contributed by atoms with Crippen LogP contribution in [-0.2, 0) is 0 Å². The lowest BCUT2D eigenvalue weighted by atomic mass is 10.0. The zero-order valence-electron chi connectivity index (χ0n) is 9.78. The number of carbonyl (C=O) groups excluding carboxylic acids is 1. The normalized spacial score (nSPS) is 17.1. The topological polar surface area (TPSA) is 42.9 Å². The fourth-order valence-electron chi connectivity index (χ4n) is 2.05. The van der Waals surface area contributed by atoms with Crippen molar-refractivity contribution in [3.05, 3.63) is 16.5 Å². The van der Waals surface area contributed by atoms with Crippen LogP contribution in [0.1, 0.15) is 48.3 Å². The van der Waals surface area contributed by atoms with E-state index in [4.69, 9.17) is 11.6 Å². The number of hydrogen-bond acceptors (Lipinski definition) is 4. The van der Waals surface area contributed by atoms with Gasteiger partial charge in [0.2, 0.25) is 0 Å². The van der Waals surface area contributed by atoms with E-state index < -0.39 is 0 Å². The minimum absolute atomic E-state index is 0.269. The Morgan fingerprint density at radius 1 is 1.29 bits per heavy atom. The summed E-state index contributed by atoms with van der Waals surface area (Å²) >= 11 is 7.63. The van der Waals surface area contributed by atoms with Gasteiger partial charge in [0.1, 0.15) is 16.0 Å². The highest BCUT2D eigenvalue weighted by Crippen LogP contribution is 2.35. The van der Waals surface area contributed by atoms with Crippen LogP contribution in [0.25, 0.3) is 0 Å². The van der Waals surface area contributed by atoms with Gasteiger partial charge in [0.25, 0.3) is 0 Å². The van der Waals surface area contributed by atoms with Crippen LogP contribution in [0.3, 0.4) is 0 Å². The van der Waals surface area contributed by atoms with Gasteiger partial charge in [0.15, 0.2) is 6.29 Å². The first-order chi connectivity index (χ1) is 8.20. The summed E-state index contributed by atoms with van der Waals surface area (Å²) < 4.78 is 0. The summed E-state index contributed by atoms with van der Waals surface area (Å²) in [4.78, 5) is 19.4. The van der Waals surface area contributed by atoms with Crippen LogP contribution in [0.5, 0.6) is 0 Å². The van der Waals surface area contributed by atoms with Crippen molar-refractivity contribution in [2.45, 2.75) is 49.3 Å². The van der Waals surface area contributed by atoms with E-state index in [0.29, 0.717) is 16.6 Å². The summed E-state index contributed by atoms with van der Waals surface area (Å²) in [5.41, 5.74) is 0.438. The molecule has 1 saturated carbocycles. The predicted octanol–water partition coefficient (Wildman–Crippen LogP) is 3.68. The average Bonchev–Trinajstić information content (AvgIpc) is 2.30. The highest BCUT2D eigenvalue weighted by molar-refractivity contribution is 7.99. The van der Waals surface area contributed by atoms with E-state index >= 15 is 0 Å². The molecular weight excluding hydrogens is 256 g/mol. The van der Waals surface area contributed by atoms with Gasteiger partial charge in [-0.2, -0.15) is 0 Å². The molecule has 0 atom stereocenters. The molecule has 3 nitrogen and oxygen atoms in total. The highest BCUT2D eigenvalue weighted by Gasteiger charge is 2.19. The second-order valence-corrected chi connectivity index (χ2v) is 5.92. The number of carbonyl (C=O) groups is 1. The van der Waals surface area contributed by atoms with Gasteiger partial charge in [-0.1, -0.05) is 30.9 Å². The Bertz CT molecular complexity index is 419. The molecule has 1 aliphatic rings. The van der Waals surface area contributed by atoms with E-state index in [1.54, 1.807) is 18.7 Å². The summed E-state index contributed by atoms with van der Waals surface area (Å²) in [5, 5.41) is 1.57. The molecule has 1 heterocycles. The van der Waals surface area contributed by atoms with Gasteiger partial charge in [-0.3, -0.25) is 4.79 Å². The first-order valence-corrected chi connectivity index (χ1v) is 7.12. The van der Waals surface area contributed by atoms with Crippen molar-refractivity contribution in [3.63, 3.8) is 0 Å². The summed E-state index contributed by atoms with van der Waals surface area (Å²) in [5.74, 6) is 0.624. The quantitative estimate of drug-likeness (QED) is 0.621. The van der Waals surface area contributed by atoms with Crippen LogP contribution in [0.2, 0.25) is 5.15 Å². The molecule has 17 heavy (non-hydrogen) atoms. The number of hydrogen-bond donors (Lipinski definition) is 0. The minimum atomic E-state index is 0.269. The molecule has 0 unspecified atom stereocenters. The van der Waals surface area contributed by atoms with Crippen molar-refractivity contribution in [3.8, 4) is 0 Å². The van der Waals surface area contributed by atoms with E-state index in [9.17, 15) is 4.79 Å². The van der Waals surface area contributed by atoms with Crippen molar-refractivity contribution in [2.75, 3.05) is 0 Å². The number of thioether (sulfide) groups is 1. The lowest BCUT2D eigenvalue weighted by molar-refractivity contribution is 0.112. The SMILES string of the molecule is Cc1nc(Cl)c(C=O)c(SC2CCCCC2)n1. The molecule has 0 radical (unpaired) electrons. The third kappa shape index (κ3) is 3.19. The van der Waals surface area contributed by atoms with E-state index in [1.165, 1.54) is 32.1 Å². The first-order valence-electron chi connectivity index (χ1n) is 5.86. The monoisotopic (exact) mass is 270 g/mol. The molecule has 92 valence electrons. The largest absolute Gasteiger partial charge is 0.298 e. The lowest BCUT2D eigenvalue weighted by Crippen LogP contribution is -2.09. The second kappa shape index (κ2) is 5.83. The van der Waals surface area contributed by atoms with Crippen LogP contribution in [0.4, 0.5) is 0 Å². The van der Waals surface area contributed by atoms with Crippen LogP contribution < -0.4 is 0 Å². The van der Waals surface area contributed by atoms with Crippen LogP contribution in [0, 0.1) is 6.92 Å². The summed E-state index contributed by atoms with van der Waals surface area (Å²) in [7, 11) is 0. The predicted molar refractivity (Wildman–Crippen MR) is 69.9 cm³/mol. The Balaban J connectivity index is 2.21. The number of rotatable bonds is 3. The Kier molecular flexibility index (Phi) is 4.40. The zero-order valence-corrected chi connectivity index (χ0v) is 11.4. The molecule has 1 aromatic rings. The van der Waals surface area contributed by atoms with Gasteiger partial charge >= 0.3 is 0 Å². The van der Waals surface area contributed by atoms with Crippen LogP contribution >= 0.6 is 23.4 Å². The maximum absolute atomic E-state index is 11.0. The smallest absolute Gasteiger partial charge is 0.155 e. The van der Waals surface area contributed by atoms with Gasteiger partial charge in [-0.25, -0.2) is 9.97 Å². The molecular formula is C12H15ClN2OS. The van der Waals surface area contributed by atoms with Crippen LogP contribution in [-0.4, -0.2) is 21.5 Å². The molecule has 0 saturated heterocycles. The van der Waals surface area contributed by atoms with Crippen LogP contribution in [0.15, 0.2) is 5.03 Å². The van der Waals surface area contributed by atoms with Crippen molar-refractivity contribution in [2.24, 2.45) is 0 Å². The fraction of sp³-hybridized carbons (Fsp3) is 0.583. The van der Waals surface area contributed by atoms with Gasteiger partial charge in [-0.15, -0.1) is 11.8 Å². The molecule has 2 rings (SSSR count). The Morgan fingerprint density at radius 3 is 2.65 bits per heavy atom. The van der Waals surface area contributed by atoms with Gasteiger partial charge in [0.05, 0.1) is 5.56 Å². The third-order valence-electron chi connectivity index (χ3n) is 2.92. The highest BCUT2D eigenvalue weighted by atomic mass is 35.5. The number of aryl methyl sites for hydroxylation is 1. The molecule has 5 heteroatoms. The molecule has 1 aromatic heterocycles. The fourth-order valence-corrected chi connectivity index (χ4v) is 3.71. The molecule has 0 spiro atoms. The van der Waals surface area contributed by atoms with Gasteiger partial charge in [-0.05, 0) is 19.8 Å². The average molecular weight is 271 g/mol. The van der Waals surface area contributed by atoms with E-state index in [-0.39, 0.29) is 5.15 Å². The second-order valence-electron chi connectivity index (χ2n) is 4.28. The number of halogens is 1. The first kappa shape index (κ1) is 12.8. The molecule has 1 aliphatic carbocycles. The van der Waals surface area contributed by atoms with Gasteiger partial charge < -0.3 is 0 Å². The molecule has 1 fully saturated rings. The minimum Gasteiger partial charge on any atom is -0.298 e. The maximum Gasteiger partial charge on any atom is 0.155 e. The van der Waals surface area contributed by atoms with Crippen molar-refractivity contribution >= 4 is 29.6 Å². The summed E-state index contributed by atoms with van der Waals surface area (Å²) in [6.07, 6.45) is 7.01. The van der Waals surface area contributed by atoms with Crippen molar-refractivity contribution in [1.82, 2.24) is 9.97 Å².